The second-order valence-electron chi connectivity index (χ2n) is 7.74. The van der Waals surface area contributed by atoms with Crippen LogP contribution < -0.4 is 0 Å². The van der Waals surface area contributed by atoms with Crippen LogP contribution in [0.15, 0.2) is 65.3 Å². The van der Waals surface area contributed by atoms with Crippen molar-refractivity contribution in [1.82, 2.24) is 14.1 Å². The van der Waals surface area contributed by atoms with Gasteiger partial charge in [0.05, 0.1) is 16.4 Å². The summed E-state index contributed by atoms with van der Waals surface area (Å²) in [6.07, 6.45) is 6.45. The van der Waals surface area contributed by atoms with Crippen LogP contribution in [0.25, 0.3) is 54.4 Å². The van der Waals surface area contributed by atoms with Crippen molar-refractivity contribution in [2.45, 2.75) is 13.1 Å². The average molecular weight is 442 g/mol. The summed E-state index contributed by atoms with van der Waals surface area (Å²) in [6, 6.07) is 15.0. The molecule has 3 aromatic heterocycles. The first kappa shape index (κ1) is 15.7. The van der Waals surface area contributed by atoms with E-state index >= 15 is 0 Å². The third-order valence-electron chi connectivity index (χ3n) is 6.34. The Kier molecular flexibility index (Phi) is 2.84. The Morgan fingerprint density at radius 1 is 0.793 bits per heavy atom. The van der Waals surface area contributed by atoms with Crippen molar-refractivity contribution in [2.24, 2.45) is 0 Å². The maximum atomic E-state index is 10.8. The van der Waals surface area contributed by atoms with Gasteiger partial charge in [-0.15, -0.1) is 0 Å². The van der Waals surface area contributed by atoms with Gasteiger partial charge in [-0.2, -0.15) is 0 Å². The van der Waals surface area contributed by atoms with Gasteiger partial charge >= 0.3 is 0 Å². The number of H-pyrrole nitrogens is 1. The second kappa shape index (κ2) is 5.24. The highest BCUT2D eigenvalue weighted by atomic mass is 79.9. The molecule has 6 aromatic rings. The Balaban J connectivity index is 1.96. The third-order valence-corrected chi connectivity index (χ3v) is 6.84. The Morgan fingerprint density at radius 3 is 2.34 bits per heavy atom. The van der Waals surface area contributed by atoms with E-state index in [1.165, 1.54) is 32.8 Å². The van der Waals surface area contributed by atoms with E-state index in [1.54, 1.807) is 0 Å². The van der Waals surface area contributed by atoms with Gasteiger partial charge in [-0.05, 0) is 24.3 Å². The van der Waals surface area contributed by atoms with Crippen LogP contribution in [0, 0.1) is 0 Å². The smallest absolute Gasteiger partial charge is 0.197 e. The molecular formula is C24H16BrN3O. The van der Waals surface area contributed by atoms with Gasteiger partial charge in [0.1, 0.15) is 0 Å². The highest BCUT2D eigenvalue weighted by Gasteiger charge is 2.25. The van der Waals surface area contributed by atoms with Crippen LogP contribution in [-0.4, -0.2) is 19.2 Å². The number of aromatic nitrogens is 3. The molecule has 1 aliphatic heterocycles. The molecule has 0 saturated heterocycles. The first-order valence-corrected chi connectivity index (χ1v) is 10.5. The zero-order valence-corrected chi connectivity index (χ0v) is 17.0. The van der Waals surface area contributed by atoms with Gasteiger partial charge in [0.25, 0.3) is 0 Å². The first-order valence-electron chi connectivity index (χ1n) is 9.73. The molecule has 0 saturated carbocycles. The van der Waals surface area contributed by atoms with E-state index in [2.05, 4.69) is 84.7 Å². The Bertz CT molecular complexity index is 1680. The lowest BCUT2D eigenvalue weighted by molar-refractivity contribution is 0.463. The van der Waals surface area contributed by atoms with Crippen LogP contribution in [0.4, 0.5) is 0 Å². The molecule has 0 aliphatic carbocycles. The predicted octanol–water partition coefficient (Wildman–Crippen LogP) is 6.42. The minimum atomic E-state index is 0.232. The fourth-order valence-corrected chi connectivity index (χ4v) is 5.61. The van der Waals surface area contributed by atoms with E-state index in [1.807, 2.05) is 6.20 Å². The van der Waals surface area contributed by atoms with Gasteiger partial charge in [0.15, 0.2) is 5.88 Å². The van der Waals surface area contributed by atoms with E-state index in [-0.39, 0.29) is 5.88 Å². The van der Waals surface area contributed by atoms with Gasteiger partial charge in [-0.1, -0.05) is 46.3 Å². The molecule has 0 bridgehead atoms. The highest BCUT2D eigenvalue weighted by molar-refractivity contribution is 9.10. The summed E-state index contributed by atoms with van der Waals surface area (Å²) in [5.74, 6) is 0.232. The molecule has 4 heterocycles. The van der Waals surface area contributed by atoms with Crippen LogP contribution in [0.2, 0.25) is 0 Å². The predicted molar refractivity (Wildman–Crippen MR) is 123 cm³/mol. The Labute approximate surface area is 173 Å². The van der Waals surface area contributed by atoms with E-state index < -0.39 is 0 Å². The molecular weight excluding hydrogens is 426 g/mol. The lowest BCUT2D eigenvalue weighted by Gasteiger charge is -2.12. The fourth-order valence-electron chi connectivity index (χ4n) is 5.25. The number of benzene rings is 3. The summed E-state index contributed by atoms with van der Waals surface area (Å²) < 4.78 is 5.84. The van der Waals surface area contributed by atoms with Crippen molar-refractivity contribution in [3.63, 3.8) is 0 Å². The van der Waals surface area contributed by atoms with Crippen LogP contribution in [0.3, 0.4) is 0 Å². The van der Waals surface area contributed by atoms with Gasteiger partial charge in [0.2, 0.25) is 0 Å². The van der Waals surface area contributed by atoms with Gasteiger partial charge < -0.3 is 19.2 Å². The molecule has 3 aromatic carbocycles. The van der Waals surface area contributed by atoms with E-state index in [9.17, 15) is 5.11 Å². The van der Waals surface area contributed by atoms with Gasteiger partial charge in [-0.3, -0.25) is 0 Å². The second-order valence-corrected chi connectivity index (χ2v) is 8.66. The molecule has 0 spiro atoms. The normalized spacial score (nSPS) is 14.1. The number of rotatable bonds is 0. The van der Waals surface area contributed by atoms with Crippen LogP contribution >= 0.6 is 15.9 Å². The SMILES string of the molecule is Oc1[nH]cc2c1c1c3cc(Br)ccc3n3c1c1c2c2ccccc2n1CC=CC3. The minimum absolute atomic E-state index is 0.232. The topological polar surface area (TPSA) is 45.9 Å². The van der Waals surface area contributed by atoms with Crippen molar-refractivity contribution >= 4 is 70.3 Å². The fraction of sp³-hybridized carbons (Fsp3) is 0.0833. The largest absolute Gasteiger partial charge is 0.494 e. The zero-order chi connectivity index (χ0) is 19.3. The van der Waals surface area contributed by atoms with E-state index in [0.29, 0.717) is 0 Å². The molecule has 0 amide bonds. The molecule has 1 aliphatic rings. The number of allylic oxidation sites excluding steroid dienone is 2. The molecule has 0 radical (unpaired) electrons. The maximum absolute atomic E-state index is 10.8. The number of nitrogens with zero attached hydrogens (tertiary/aromatic N) is 2. The third kappa shape index (κ3) is 1.80. The lowest BCUT2D eigenvalue weighted by atomic mass is 10.0. The lowest BCUT2D eigenvalue weighted by Crippen LogP contribution is -2.03. The summed E-state index contributed by atoms with van der Waals surface area (Å²) in [5.41, 5.74) is 4.84. The number of nitrogens with one attached hydrogen (secondary N) is 1. The summed E-state index contributed by atoms with van der Waals surface area (Å²) in [6.45, 7) is 1.65. The molecule has 140 valence electrons. The summed E-state index contributed by atoms with van der Waals surface area (Å²) in [5, 5.41) is 17.5. The maximum Gasteiger partial charge on any atom is 0.197 e. The molecule has 5 heteroatoms. The minimum Gasteiger partial charge on any atom is -0.494 e. The Morgan fingerprint density at radius 2 is 1.52 bits per heavy atom. The first-order chi connectivity index (χ1) is 14.2. The van der Waals surface area contributed by atoms with Crippen molar-refractivity contribution in [2.75, 3.05) is 0 Å². The number of para-hydroxylation sites is 1. The van der Waals surface area contributed by atoms with Crippen LogP contribution in [-0.2, 0) is 13.1 Å². The monoisotopic (exact) mass is 441 g/mol. The summed E-state index contributed by atoms with van der Waals surface area (Å²) in [7, 11) is 0. The van der Waals surface area contributed by atoms with Gasteiger partial charge in [-0.25, -0.2) is 0 Å². The number of hydrogen-bond acceptors (Lipinski definition) is 1. The average Bonchev–Trinajstić information content (AvgIpc) is 3.34. The number of halogens is 1. The molecule has 0 unspecified atom stereocenters. The molecule has 0 atom stereocenters. The summed E-state index contributed by atoms with van der Waals surface area (Å²) >= 11 is 3.65. The van der Waals surface area contributed by atoms with Crippen molar-refractivity contribution in [3.8, 4) is 5.88 Å². The number of aromatic amines is 1. The van der Waals surface area contributed by atoms with Gasteiger partial charge in [0, 0.05) is 61.7 Å². The standard InChI is InChI=1S/C24H16BrN3O/c25-13-7-8-18-15(11-13)20-21-16(12-26-24(21)29)19-14-5-1-2-6-17(14)27-9-3-4-10-28(18)23(20)22(19)27/h1-8,11-12,26,29H,9-10H2. The van der Waals surface area contributed by atoms with E-state index in [0.717, 1.165) is 39.1 Å². The Hall–Kier alpha value is -3.18. The zero-order valence-electron chi connectivity index (χ0n) is 15.4. The number of aromatic hydroxyl groups is 1. The summed E-state index contributed by atoms with van der Waals surface area (Å²) in [4.78, 5) is 3.08. The molecule has 7 rings (SSSR count). The van der Waals surface area contributed by atoms with Crippen molar-refractivity contribution in [3.05, 3.63) is 65.3 Å². The van der Waals surface area contributed by atoms with Crippen molar-refractivity contribution < 1.29 is 5.11 Å². The molecule has 29 heavy (non-hydrogen) atoms. The van der Waals surface area contributed by atoms with Crippen LogP contribution in [0.5, 0.6) is 5.88 Å². The van der Waals surface area contributed by atoms with E-state index in [4.69, 9.17) is 0 Å². The number of hydrogen-bond donors (Lipinski definition) is 2. The molecule has 2 N–H and O–H groups in total. The molecule has 4 nitrogen and oxygen atoms in total. The quantitative estimate of drug-likeness (QED) is 0.262. The highest BCUT2D eigenvalue weighted by Crippen LogP contribution is 2.47. The molecule has 0 fully saturated rings. The van der Waals surface area contributed by atoms with Crippen LogP contribution in [0.1, 0.15) is 0 Å². The number of fused-ring (bicyclic) bond motifs is 9. The van der Waals surface area contributed by atoms with Crippen molar-refractivity contribution in [1.29, 1.82) is 0 Å².